The fourth-order valence-corrected chi connectivity index (χ4v) is 4.26. The molecular weight excluding hydrogens is 454 g/mol. The van der Waals surface area contributed by atoms with Crippen molar-refractivity contribution in [1.82, 2.24) is 0 Å². The van der Waals surface area contributed by atoms with Crippen molar-refractivity contribution >= 4 is 45.6 Å². The summed E-state index contributed by atoms with van der Waals surface area (Å²) in [6.45, 7) is 0. The second kappa shape index (κ2) is 7.75. The van der Waals surface area contributed by atoms with Crippen LogP contribution >= 0.6 is 45.6 Å². The summed E-state index contributed by atoms with van der Waals surface area (Å²) in [6, 6.07) is 0. The van der Waals surface area contributed by atoms with E-state index in [1.807, 2.05) is 23.0 Å². The molecule has 1 aliphatic rings. The van der Waals surface area contributed by atoms with Gasteiger partial charge in [0.25, 0.3) is 0 Å². The van der Waals surface area contributed by atoms with E-state index in [4.69, 9.17) is 22.0 Å². The Balaban J connectivity index is 2.99. The second-order valence-corrected chi connectivity index (χ2v) is 5.75. The van der Waals surface area contributed by atoms with Gasteiger partial charge in [0, 0.05) is 28.4 Å². The minimum absolute atomic E-state index is 0.0849. The molecule has 17 heavy (non-hydrogen) atoms. The summed E-state index contributed by atoms with van der Waals surface area (Å²) < 4.78 is 27.6. The van der Waals surface area contributed by atoms with E-state index < -0.39 is 0 Å². The van der Waals surface area contributed by atoms with Crippen LogP contribution < -0.4 is 0 Å². The lowest BCUT2D eigenvalue weighted by atomic mass is 9.86. The van der Waals surface area contributed by atoms with Crippen LogP contribution in [0.5, 0.6) is 0 Å². The maximum absolute atomic E-state index is 5.51. The smallest absolute Gasteiger partial charge is 0.126 e. The highest BCUT2D eigenvalue weighted by Gasteiger charge is 2.52. The Morgan fingerprint density at radius 1 is 0.647 bits per heavy atom. The van der Waals surface area contributed by atoms with Crippen molar-refractivity contribution in [3.63, 3.8) is 0 Å². The van der Waals surface area contributed by atoms with Gasteiger partial charge in [0.1, 0.15) is 53.5 Å². The molecule has 0 saturated heterocycles. The SMILES string of the molecule is COC1C(I)C(OC)C(OI)C(OC)C1OC. The molecule has 6 unspecified atom stereocenters. The Hall–Kier alpha value is 1.26. The molecular formula is C10H18I2O5. The highest BCUT2D eigenvalue weighted by molar-refractivity contribution is 14.1. The number of rotatable bonds is 5. The summed E-state index contributed by atoms with van der Waals surface area (Å²) in [7, 11) is 6.65. The largest absolute Gasteiger partial charge is 0.377 e. The van der Waals surface area contributed by atoms with Crippen LogP contribution in [0.1, 0.15) is 0 Å². The molecule has 7 heteroatoms. The zero-order valence-corrected chi connectivity index (χ0v) is 14.6. The molecule has 0 aromatic rings. The molecule has 0 N–H and O–H groups in total. The summed E-state index contributed by atoms with van der Waals surface area (Å²) in [5.41, 5.74) is 0. The van der Waals surface area contributed by atoms with E-state index in [-0.39, 0.29) is 34.4 Å². The molecule has 5 nitrogen and oxygen atoms in total. The quantitative estimate of drug-likeness (QED) is 0.450. The van der Waals surface area contributed by atoms with Gasteiger partial charge in [-0.2, -0.15) is 0 Å². The molecule has 0 heterocycles. The van der Waals surface area contributed by atoms with Crippen molar-refractivity contribution in [2.75, 3.05) is 28.4 Å². The van der Waals surface area contributed by atoms with E-state index in [0.29, 0.717) is 0 Å². The van der Waals surface area contributed by atoms with Gasteiger partial charge in [0.2, 0.25) is 0 Å². The molecule has 0 radical (unpaired) electrons. The number of alkyl halides is 1. The fourth-order valence-electron chi connectivity index (χ4n) is 2.28. The molecule has 0 bridgehead atoms. The molecule has 102 valence electrons. The number of ether oxygens (including phenoxy) is 4. The zero-order valence-electron chi connectivity index (χ0n) is 10.3. The van der Waals surface area contributed by atoms with Gasteiger partial charge in [-0.25, -0.2) is 0 Å². The average Bonchev–Trinajstić information content (AvgIpc) is 2.36. The van der Waals surface area contributed by atoms with Gasteiger partial charge in [-0.15, -0.1) is 0 Å². The average molecular weight is 472 g/mol. The van der Waals surface area contributed by atoms with Gasteiger partial charge in [-0.1, -0.05) is 22.6 Å². The molecule has 1 saturated carbocycles. The maximum atomic E-state index is 5.51. The summed E-state index contributed by atoms with van der Waals surface area (Å²) >= 11 is 4.20. The van der Waals surface area contributed by atoms with Gasteiger partial charge >= 0.3 is 0 Å². The van der Waals surface area contributed by atoms with Crippen LogP contribution in [0.2, 0.25) is 0 Å². The number of halogens is 2. The zero-order chi connectivity index (χ0) is 13.0. The number of methoxy groups -OCH3 is 4. The predicted molar refractivity (Wildman–Crippen MR) is 79.9 cm³/mol. The van der Waals surface area contributed by atoms with Crippen LogP contribution in [0.25, 0.3) is 0 Å². The van der Waals surface area contributed by atoms with Crippen LogP contribution in [-0.2, 0) is 22.0 Å². The lowest BCUT2D eigenvalue weighted by Crippen LogP contribution is -2.64. The van der Waals surface area contributed by atoms with E-state index in [9.17, 15) is 0 Å². The van der Waals surface area contributed by atoms with Crippen molar-refractivity contribution < 1.29 is 22.0 Å². The highest BCUT2D eigenvalue weighted by atomic mass is 127. The van der Waals surface area contributed by atoms with Gasteiger partial charge in [0.05, 0.1) is 3.92 Å². The first-order valence-electron chi connectivity index (χ1n) is 5.18. The molecule has 1 rings (SSSR count). The minimum atomic E-state index is -0.210. The number of hydrogen-bond acceptors (Lipinski definition) is 5. The van der Waals surface area contributed by atoms with Gasteiger partial charge in [0.15, 0.2) is 0 Å². The van der Waals surface area contributed by atoms with Crippen molar-refractivity contribution in [2.45, 2.75) is 34.4 Å². The number of hydrogen-bond donors (Lipinski definition) is 0. The summed E-state index contributed by atoms with van der Waals surface area (Å²) in [4.78, 5) is 0. The third-order valence-electron chi connectivity index (χ3n) is 3.11. The molecule has 1 fully saturated rings. The van der Waals surface area contributed by atoms with Crippen molar-refractivity contribution in [1.29, 1.82) is 0 Å². The van der Waals surface area contributed by atoms with E-state index >= 15 is 0 Å². The Labute approximate surface area is 130 Å². The first kappa shape index (κ1) is 16.3. The van der Waals surface area contributed by atoms with Crippen LogP contribution in [0.3, 0.4) is 0 Å². The first-order chi connectivity index (χ1) is 8.15. The Morgan fingerprint density at radius 2 is 1.00 bits per heavy atom. The van der Waals surface area contributed by atoms with E-state index in [1.165, 1.54) is 0 Å². The third-order valence-corrected chi connectivity index (χ3v) is 5.12. The lowest BCUT2D eigenvalue weighted by molar-refractivity contribution is -0.187. The molecule has 0 spiro atoms. The van der Waals surface area contributed by atoms with E-state index in [0.717, 1.165) is 0 Å². The Morgan fingerprint density at radius 3 is 1.35 bits per heavy atom. The Bertz CT molecular complexity index is 211. The minimum Gasteiger partial charge on any atom is -0.377 e. The van der Waals surface area contributed by atoms with E-state index in [1.54, 1.807) is 28.4 Å². The maximum Gasteiger partial charge on any atom is 0.126 e. The first-order valence-corrected chi connectivity index (χ1v) is 7.31. The van der Waals surface area contributed by atoms with Gasteiger partial charge < -0.3 is 22.0 Å². The van der Waals surface area contributed by atoms with E-state index in [2.05, 4.69) is 22.6 Å². The molecule has 0 amide bonds. The third kappa shape index (κ3) is 3.23. The lowest BCUT2D eigenvalue weighted by Gasteiger charge is -2.46. The summed E-state index contributed by atoms with van der Waals surface area (Å²) in [5, 5.41) is 0. The second-order valence-electron chi connectivity index (χ2n) is 3.80. The van der Waals surface area contributed by atoms with Crippen LogP contribution in [0.15, 0.2) is 0 Å². The molecule has 1 aliphatic carbocycles. The van der Waals surface area contributed by atoms with Crippen LogP contribution in [-0.4, -0.2) is 62.9 Å². The van der Waals surface area contributed by atoms with Crippen molar-refractivity contribution in [2.24, 2.45) is 0 Å². The Kier molecular flexibility index (Phi) is 7.44. The van der Waals surface area contributed by atoms with Crippen LogP contribution in [0.4, 0.5) is 0 Å². The standard InChI is InChI=1S/C10H18I2O5/c1-13-6-5(11)7(14-2)10(17-12)9(16-4)8(6)15-3/h5-10H,1-4H3. The van der Waals surface area contributed by atoms with Crippen LogP contribution in [0, 0.1) is 0 Å². The predicted octanol–water partition coefficient (Wildman–Crippen LogP) is 1.60. The molecule has 0 aliphatic heterocycles. The topological polar surface area (TPSA) is 46.2 Å². The van der Waals surface area contributed by atoms with Gasteiger partial charge in [-0.05, 0) is 0 Å². The van der Waals surface area contributed by atoms with Crippen molar-refractivity contribution in [3.8, 4) is 0 Å². The normalized spacial score (nSPS) is 42.7. The molecule has 6 atom stereocenters. The monoisotopic (exact) mass is 472 g/mol. The summed E-state index contributed by atoms with van der Waals surface area (Å²) in [6.07, 6.45) is -0.730. The summed E-state index contributed by atoms with van der Waals surface area (Å²) in [5.74, 6) is 0. The van der Waals surface area contributed by atoms with Crippen molar-refractivity contribution in [3.05, 3.63) is 0 Å². The molecule has 0 aromatic heterocycles. The van der Waals surface area contributed by atoms with Gasteiger partial charge in [-0.3, -0.25) is 0 Å². The fraction of sp³-hybridized carbons (Fsp3) is 1.00. The molecule has 0 aromatic carbocycles. The highest BCUT2D eigenvalue weighted by Crippen LogP contribution is 2.35.